The van der Waals surface area contributed by atoms with E-state index < -0.39 is 0 Å². The number of aryl methyl sites for hydroxylation is 1. The van der Waals surface area contributed by atoms with Crippen molar-refractivity contribution in [3.05, 3.63) is 63.9 Å². The van der Waals surface area contributed by atoms with E-state index in [1.165, 1.54) is 12.1 Å². The quantitative estimate of drug-likeness (QED) is 0.923. The van der Waals surface area contributed by atoms with Crippen LogP contribution in [0.2, 0.25) is 0 Å². The molecule has 0 heterocycles. The molecule has 1 unspecified atom stereocenters. The Labute approximate surface area is 120 Å². The van der Waals surface area contributed by atoms with Crippen molar-refractivity contribution in [2.45, 2.75) is 13.0 Å². The second-order valence-corrected chi connectivity index (χ2v) is 5.22. The summed E-state index contributed by atoms with van der Waals surface area (Å²) in [6.45, 7) is 2.17. The predicted octanol–water partition coefficient (Wildman–Crippen LogP) is 3.98. The van der Waals surface area contributed by atoms with Crippen molar-refractivity contribution in [2.24, 2.45) is 5.73 Å². The fourth-order valence-corrected chi connectivity index (χ4v) is 2.09. The summed E-state index contributed by atoms with van der Waals surface area (Å²) in [7, 11) is 0. The monoisotopic (exact) mass is 323 g/mol. The zero-order chi connectivity index (χ0) is 13.8. The maximum absolute atomic E-state index is 13.0. The highest BCUT2D eigenvalue weighted by atomic mass is 79.9. The van der Waals surface area contributed by atoms with Crippen molar-refractivity contribution in [3.8, 4) is 5.75 Å². The van der Waals surface area contributed by atoms with Gasteiger partial charge in [0.15, 0.2) is 0 Å². The third kappa shape index (κ3) is 3.55. The smallest absolute Gasteiger partial charge is 0.136 e. The molecular formula is C15H15BrFNO. The minimum absolute atomic E-state index is 0.239. The van der Waals surface area contributed by atoms with E-state index in [0.29, 0.717) is 12.3 Å². The molecule has 2 aromatic carbocycles. The zero-order valence-corrected chi connectivity index (χ0v) is 12.2. The van der Waals surface area contributed by atoms with Gasteiger partial charge >= 0.3 is 0 Å². The molecule has 100 valence electrons. The van der Waals surface area contributed by atoms with Gasteiger partial charge in [0.25, 0.3) is 0 Å². The van der Waals surface area contributed by atoms with Crippen LogP contribution < -0.4 is 10.5 Å². The minimum Gasteiger partial charge on any atom is -0.484 e. The van der Waals surface area contributed by atoms with Crippen LogP contribution in [0.25, 0.3) is 0 Å². The van der Waals surface area contributed by atoms with Gasteiger partial charge in [0, 0.05) is 11.0 Å². The second-order valence-electron chi connectivity index (χ2n) is 4.30. The van der Waals surface area contributed by atoms with Gasteiger partial charge in [-0.3, -0.25) is 0 Å². The summed E-state index contributed by atoms with van der Waals surface area (Å²) in [4.78, 5) is 0. The fourth-order valence-electron chi connectivity index (χ4n) is 1.83. The lowest BCUT2D eigenvalue weighted by Crippen LogP contribution is -2.18. The number of hydrogen-bond donors (Lipinski definition) is 1. The first-order valence-electron chi connectivity index (χ1n) is 5.98. The molecule has 0 bridgehead atoms. The van der Waals surface area contributed by atoms with Crippen LogP contribution in [0.4, 0.5) is 4.39 Å². The molecule has 0 saturated carbocycles. The van der Waals surface area contributed by atoms with Crippen LogP contribution in [0.1, 0.15) is 17.2 Å². The molecule has 2 rings (SSSR count). The van der Waals surface area contributed by atoms with E-state index in [4.69, 9.17) is 10.5 Å². The molecule has 0 saturated heterocycles. The van der Waals surface area contributed by atoms with Gasteiger partial charge in [-0.2, -0.15) is 0 Å². The van der Waals surface area contributed by atoms with E-state index in [2.05, 4.69) is 15.9 Å². The van der Waals surface area contributed by atoms with E-state index in [1.807, 2.05) is 31.2 Å². The molecule has 0 aromatic heterocycles. The molecule has 0 aliphatic carbocycles. The van der Waals surface area contributed by atoms with Gasteiger partial charge in [0.1, 0.15) is 17.7 Å². The molecule has 0 aliphatic heterocycles. The Morgan fingerprint density at radius 2 is 1.89 bits per heavy atom. The van der Waals surface area contributed by atoms with Crippen LogP contribution in [-0.2, 0) is 0 Å². The van der Waals surface area contributed by atoms with Crippen molar-refractivity contribution < 1.29 is 9.13 Å². The van der Waals surface area contributed by atoms with Gasteiger partial charge in [-0.05, 0) is 48.4 Å². The van der Waals surface area contributed by atoms with Crippen LogP contribution in [0, 0.1) is 12.7 Å². The van der Waals surface area contributed by atoms with E-state index in [9.17, 15) is 4.39 Å². The second kappa shape index (κ2) is 6.17. The molecule has 0 amide bonds. The summed E-state index contributed by atoms with van der Waals surface area (Å²) < 4.78 is 19.9. The lowest BCUT2D eigenvalue weighted by molar-refractivity contribution is 0.212. The lowest BCUT2D eigenvalue weighted by atomic mass is 10.1. The minimum atomic E-state index is -0.266. The van der Waals surface area contributed by atoms with Gasteiger partial charge in [0.05, 0.1) is 0 Å². The van der Waals surface area contributed by atoms with E-state index >= 15 is 0 Å². The maximum Gasteiger partial charge on any atom is 0.136 e. The number of ether oxygens (including phenoxy) is 1. The van der Waals surface area contributed by atoms with Crippen LogP contribution in [0.15, 0.2) is 46.9 Å². The molecule has 0 fully saturated rings. The third-order valence-electron chi connectivity index (χ3n) is 2.86. The van der Waals surface area contributed by atoms with Gasteiger partial charge in [0.2, 0.25) is 0 Å². The van der Waals surface area contributed by atoms with Crippen molar-refractivity contribution in [1.82, 2.24) is 0 Å². The maximum atomic E-state index is 13.0. The normalized spacial score (nSPS) is 12.2. The summed E-state index contributed by atoms with van der Waals surface area (Å²) in [6.07, 6.45) is -0.239. The average molecular weight is 324 g/mol. The first kappa shape index (κ1) is 14.0. The number of hydrogen-bond acceptors (Lipinski definition) is 2. The van der Waals surface area contributed by atoms with Gasteiger partial charge in [-0.1, -0.05) is 28.1 Å². The zero-order valence-electron chi connectivity index (χ0n) is 10.6. The Balaban J connectivity index is 2.21. The summed E-state index contributed by atoms with van der Waals surface area (Å²) in [6, 6.07) is 12.3. The summed E-state index contributed by atoms with van der Waals surface area (Å²) in [5.41, 5.74) is 7.51. The standard InChI is InChI=1S/C15H15BrFNO/c1-10-8-13(17)6-7-14(10)19-15(9-18)11-2-4-12(16)5-3-11/h2-8,15H,9,18H2,1H3. The van der Waals surface area contributed by atoms with E-state index in [0.717, 1.165) is 15.6 Å². The van der Waals surface area contributed by atoms with Gasteiger partial charge in [-0.15, -0.1) is 0 Å². The third-order valence-corrected chi connectivity index (χ3v) is 3.39. The Kier molecular flexibility index (Phi) is 4.56. The number of halogens is 2. The highest BCUT2D eigenvalue weighted by Crippen LogP contribution is 2.26. The van der Waals surface area contributed by atoms with E-state index in [1.54, 1.807) is 6.07 Å². The first-order valence-corrected chi connectivity index (χ1v) is 6.78. The topological polar surface area (TPSA) is 35.2 Å². The fraction of sp³-hybridized carbons (Fsp3) is 0.200. The van der Waals surface area contributed by atoms with E-state index in [-0.39, 0.29) is 11.9 Å². The molecule has 19 heavy (non-hydrogen) atoms. The summed E-state index contributed by atoms with van der Waals surface area (Å²) in [5, 5.41) is 0. The SMILES string of the molecule is Cc1cc(F)ccc1OC(CN)c1ccc(Br)cc1. The summed E-state index contributed by atoms with van der Waals surface area (Å²) >= 11 is 3.39. The molecule has 2 aromatic rings. The Morgan fingerprint density at radius 1 is 1.21 bits per heavy atom. The van der Waals surface area contributed by atoms with Crippen molar-refractivity contribution >= 4 is 15.9 Å². The van der Waals surface area contributed by atoms with Crippen molar-refractivity contribution in [2.75, 3.05) is 6.54 Å². The first-order chi connectivity index (χ1) is 9.10. The highest BCUT2D eigenvalue weighted by Gasteiger charge is 2.13. The van der Waals surface area contributed by atoms with Gasteiger partial charge < -0.3 is 10.5 Å². The van der Waals surface area contributed by atoms with Crippen LogP contribution in [0.3, 0.4) is 0 Å². The molecule has 2 N–H and O–H groups in total. The molecule has 1 atom stereocenters. The van der Waals surface area contributed by atoms with Crippen LogP contribution in [-0.4, -0.2) is 6.54 Å². The number of nitrogens with two attached hydrogens (primary N) is 1. The van der Waals surface area contributed by atoms with Crippen LogP contribution in [0.5, 0.6) is 5.75 Å². The highest BCUT2D eigenvalue weighted by molar-refractivity contribution is 9.10. The largest absolute Gasteiger partial charge is 0.484 e. The Morgan fingerprint density at radius 3 is 2.47 bits per heavy atom. The molecular weight excluding hydrogens is 309 g/mol. The Hall–Kier alpha value is -1.39. The van der Waals surface area contributed by atoms with Crippen molar-refractivity contribution in [1.29, 1.82) is 0 Å². The van der Waals surface area contributed by atoms with Gasteiger partial charge in [-0.25, -0.2) is 4.39 Å². The average Bonchev–Trinajstić information content (AvgIpc) is 2.39. The van der Waals surface area contributed by atoms with Crippen LogP contribution >= 0.6 is 15.9 Å². The number of rotatable bonds is 4. The predicted molar refractivity (Wildman–Crippen MR) is 77.7 cm³/mol. The molecule has 0 radical (unpaired) electrons. The molecule has 0 aliphatic rings. The summed E-state index contributed by atoms with van der Waals surface area (Å²) in [5.74, 6) is 0.387. The molecule has 0 spiro atoms. The lowest BCUT2D eigenvalue weighted by Gasteiger charge is -2.19. The van der Waals surface area contributed by atoms with Crippen molar-refractivity contribution in [3.63, 3.8) is 0 Å². The number of benzene rings is 2. The molecule has 2 nitrogen and oxygen atoms in total. The molecule has 4 heteroatoms. The Bertz CT molecular complexity index is 557.